The van der Waals surface area contributed by atoms with Crippen LogP contribution in [0.5, 0.6) is 5.75 Å². The number of rotatable bonds is 4. The van der Waals surface area contributed by atoms with E-state index in [0.717, 1.165) is 52.1 Å². The summed E-state index contributed by atoms with van der Waals surface area (Å²) in [6.45, 7) is 5.70. The number of H-pyrrole nitrogens is 1. The predicted molar refractivity (Wildman–Crippen MR) is 127 cm³/mol. The number of benzene rings is 1. The number of nitrogens with one attached hydrogen (secondary N) is 2. The van der Waals surface area contributed by atoms with Gasteiger partial charge >= 0.3 is 0 Å². The third-order valence-electron chi connectivity index (χ3n) is 7.40. The van der Waals surface area contributed by atoms with E-state index in [1.54, 1.807) is 0 Å². The van der Waals surface area contributed by atoms with Crippen LogP contribution in [-0.2, 0) is 13.0 Å². The van der Waals surface area contributed by atoms with Crippen LogP contribution in [0.3, 0.4) is 0 Å². The largest absolute Gasteiger partial charge is 0.487 e. The fourth-order valence-corrected chi connectivity index (χ4v) is 5.51. The highest BCUT2D eigenvalue weighted by Crippen LogP contribution is 2.40. The first-order valence-corrected chi connectivity index (χ1v) is 11.7. The molecule has 34 heavy (non-hydrogen) atoms. The highest BCUT2D eigenvalue weighted by Gasteiger charge is 2.44. The Kier molecular flexibility index (Phi) is 5.13. The number of aromatic amines is 1. The van der Waals surface area contributed by atoms with Crippen molar-refractivity contribution in [2.45, 2.75) is 57.6 Å². The lowest BCUT2D eigenvalue weighted by molar-refractivity contribution is -0.0166. The van der Waals surface area contributed by atoms with Crippen LogP contribution in [0, 0.1) is 13.8 Å². The van der Waals surface area contributed by atoms with E-state index in [9.17, 15) is 10.2 Å². The van der Waals surface area contributed by atoms with Crippen LogP contribution < -0.4 is 10.1 Å². The third kappa shape index (κ3) is 3.31. The molecule has 9 nitrogen and oxygen atoms in total. The Morgan fingerprint density at radius 3 is 2.85 bits per heavy atom. The van der Waals surface area contributed by atoms with E-state index in [1.165, 1.54) is 17.5 Å². The van der Waals surface area contributed by atoms with Gasteiger partial charge < -0.3 is 24.8 Å². The Morgan fingerprint density at radius 1 is 1.15 bits per heavy atom. The second-order valence-electron chi connectivity index (χ2n) is 9.28. The van der Waals surface area contributed by atoms with Gasteiger partial charge in [0.05, 0.1) is 17.9 Å². The van der Waals surface area contributed by atoms with Crippen molar-refractivity contribution in [3.05, 3.63) is 59.4 Å². The van der Waals surface area contributed by atoms with Gasteiger partial charge in [-0.3, -0.25) is 5.10 Å². The minimum absolute atomic E-state index is 0.348. The first-order chi connectivity index (χ1) is 16.5. The lowest BCUT2D eigenvalue weighted by Gasteiger charge is -2.27. The van der Waals surface area contributed by atoms with Crippen molar-refractivity contribution < 1.29 is 14.9 Å². The Labute approximate surface area is 196 Å². The molecular formula is C25H28N6O3. The molecule has 0 bridgehead atoms. The molecule has 176 valence electrons. The summed E-state index contributed by atoms with van der Waals surface area (Å²) in [6.07, 6.45) is 5.97. The van der Waals surface area contributed by atoms with Crippen molar-refractivity contribution in [2.24, 2.45) is 0 Å². The van der Waals surface area contributed by atoms with E-state index in [4.69, 9.17) is 4.74 Å². The topological polar surface area (TPSA) is 121 Å². The maximum Gasteiger partial charge on any atom is 0.143 e. The van der Waals surface area contributed by atoms with E-state index >= 15 is 0 Å². The predicted octanol–water partition coefficient (Wildman–Crippen LogP) is 2.20. The molecule has 6 rings (SSSR count). The van der Waals surface area contributed by atoms with Crippen LogP contribution in [0.25, 0.3) is 22.2 Å². The summed E-state index contributed by atoms with van der Waals surface area (Å²) in [4.78, 5) is 8.68. The molecule has 4 unspecified atom stereocenters. The monoisotopic (exact) mass is 460 g/mol. The summed E-state index contributed by atoms with van der Waals surface area (Å²) in [5.74, 6) is 0.747. The Balaban J connectivity index is 1.35. The van der Waals surface area contributed by atoms with Crippen LogP contribution in [-0.4, -0.2) is 59.8 Å². The standard InChI is InChI=1S/C25H28N6O3/c1-13-16-3-5-26-11-19(16)21(7-18(13)15-9-29-30-10-15)34-22-8-20(23(32)24(22)33)31-6-4-17-14(2)27-12-28-25(17)31/h4,6-7,9-10,12,20,22-24,26,32-33H,3,5,8,11H2,1-2H3,(H,29,30). The maximum atomic E-state index is 11.0. The van der Waals surface area contributed by atoms with Gasteiger partial charge in [0.1, 0.15) is 36.0 Å². The summed E-state index contributed by atoms with van der Waals surface area (Å²) in [7, 11) is 0. The van der Waals surface area contributed by atoms with Gasteiger partial charge in [-0.25, -0.2) is 9.97 Å². The van der Waals surface area contributed by atoms with Crippen LogP contribution in [0.2, 0.25) is 0 Å². The number of nitrogens with zero attached hydrogens (tertiary/aromatic N) is 4. The smallest absolute Gasteiger partial charge is 0.143 e. The fraction of sp³-hybridized carbons (Fsp3) is 0.400. The van der Waals surface area contributed by atoms with E-state index < -0.39 is 18.3 Å². The van der Waals surface area contributed by atoms with Crippen molar-refractivity contribution in [2.75, 3.05) is 6.54 Å². The minimum atomic E-state index is -1.02. The average Bonchev–Trinajstić information content (AvgIpc) is 3.58. The van der Waals surface area contributed by atoms with Crippen molar-refractivity contribution in [3.63, 3.8) is 0 Å². The maximum absolute atomic E-state index is 11.0. The molecule has 3 aromatic heterocycles. The van der Waals surface area contributed by atoms with Gasteiger partial charge in [-0.1, -0.05) is 0 Å². The molecule has 4 aromatic rings. The van der Waals surface area contributed by atoms with E-state index in [0.29, 0.717) is 13.0 Å². The first-order valence-electron chi connectivity index (χ1n) is 11.7. The van der Waals surface area contributed by atoms with E-state index in [1.807, 2.05) is 42.2 Å². The molecule has 1 aromatic carbocycles. The highest BCUT2D eigenvalue weighted by molar-refractivity contribution is 5.78. The molecule has 0 saturated heterocycles. The van der Waals surface area contributed by atoms with Crippen LogP contribution in [0.15, 0.2) is 37.1 Å². The van der Waals surface area contributed by atoms with Crippen LogP contribution in [0.1, 0.15) is 34.8 Å². The molecule has 0 radical (unpaired) electrons. The zero-order valence-electron chi connectivity index (χ0n) is 19.2. The zero-order chi connectivity index (χ0) is 23.4. The van der Waals surface area contributed by atoms with Crippen molar-refractivity contribution in [3.8, 4) is 16.9 Å². The van der Waals surface area contributed by atoms with Gasteiger partial charge in [0.15, 0.2) is 0 Å². The average molecular weight is 461 g/mol. The van der Waals surface area contributed by atoms with Gasteiger partial charge in [-0.2, -0.15) is 5.10 Å². The molecule has 1 aliphatic carbocycles. The van der Waals surface area contributed by atoms with Crippen LogP contribution in [0.4, 0.5) is 0 Å². The number of fused-ring (bicyclic) bond motifs is 2. The number of aliphatic hydroxyl groups is 2. The molecule has 1 fully saturated rings. The van der Waals surface area contributed by atoms with Crippen molar-refractivity contribution in [1.29, 1.82) is 0 Å². The summed E-state index contributed by atoms with van der Waals surface area (Å²) in [6, 6.07) is 3.65. The van der Waals surface area contributed by atoms with Crippen LogP contribution >= 0.6 is 0 Å². The van der Waals surface area contributed by atoms with Gasteiger partial charge in [-0.15, -0.1) is 0 Å². The molecule has 2 aliphatic rings. The molecule has 4 N–H and O–H groups in total. The quantitative estimate of drug-likeness (QED) is 0.368. The van der Waals surface area contributed by atoms with Gasteiger partial charge in [0.2, 0.25) is 0 Å². The Hall–Kier alpha value is -3.27. The molecule has 1 aliphatic heterocycles. The Bertz CT molecular complexity index is 1350. The second-order valence-corrected chi connectivity index (χ2v) is 9.28. The van der Waals surface area contributed by atoms with Crippen molar-refractivity contribution in [1.82, 2.24) is 30.0 Å². The summed E-state index contributed by atoms with van der Waals surface area (Å²) in [5, 5.41) is 33.3. The molecule has 1 saturated carbocycles. The lowest BCUT2D eigenvalue weighted by atomic mass is 9.89. The van der Waals surface area contributed by atoms with Gasteiger partial charge in [0.25, 0.3) is 0 Å². The number of aryl methyl sites for hydroxylation is 1. The molecule has 9 heteroatoms. The molecule has 4 atom stereocenters. The first kappa shape index (κ1) is 21.3. The summed E-state index contributed by atoms with van der Waals surface area (Å²) in [5.41, 5.74) is 7.33. The van der Waals surface area contributed by atoms with Crippen molar-refractivity contribution >= 4 is 11.0 Å². The number of ether oxygens (including phenoxy) is 1. The SMILES string of the molecule is Cc1c(-c2cn[nH]c2)cc(OC2CC(n3ccc4c(C)ncnc43)C(O)C2O)c2c1CCNC2. The number of hydrogen-bond acceptors (Lipinski definition) is 7. The fourth-order valence-electron chi connectivity index (χ4n) is 5.51. The number of aliphatic hydroxyl groups excluding tert-OH is 2. The molecular weight excluding hydrogens is 432 g/mol. The summed E-state index contributed by atoms with van der Waals surface area (Å²) >= 11 is 0. The van der Waals surface area contributed by atoms with Gasteiger partial charge in [-0.05, 0) is 55.6 Å². The van der Waals surface area contributed by atoms with E-state index in [2.05, 4.69) is 32.4 Å². The molecule has 4 heterocycles. The molecule has 0 amide bonds. The minimum Gasteiger partial charge on any atom is -0.487 e. The summed E-state index contributed by atoms with van der Waals surface area (Å²) < 4.78 is 8.42. The Morgan fingerprint density at radius 2 is 2.03 bits per heavy atom. The number of hydrogen-bond donors (Lipinski definition) is 4. The molecule has 0 spiro atoms. The zero-order valence-corrected chi connectivity index (χ0v) is 19.2. The normalized spacial score (nSPS) is 24.5. The lowest BCUT2D eigenvalue weighted by Crippen LogP contribution is -2.35. The second kappa shape index (κ2) is 8.19. The highest BCUT2D eigenvalue weighted by atomic mass is 16.5. The van der Waals surface area contributed by atoms with E-state index in [-0.39, 0.29) is 6.04 Å². The van der Waals surface area contributed by atoms with Gasteiger partial charge in [0, 0.05) is 41.9 Å². The third-order valence-corrected chi connectivity index (χ3v) is 7.40. The number of aromatic nitrogens is 5.